The maximum atomic E-state index is 12.8. The number of hydrogen-bond acceptors (Lipinski definition) is 19. The van der Waals surface area contributed by atoms with E-state index in [1.165, 1.54) is 79.7 Å². The number of aromatic nitrogens is 5. The number of benzene rings is 5. The Morgan fingerprint density at radius 2 is 0.607 bits per heavy atom. The Kier molecular flexibility index (Phi) is 63.0. The van der Waals surface area contributed by atoms with Gasteiger partial charge in [-0.1, -0.05) is 195 Å². The second kappa shape index (κ2) is 67.2. The quantitative estimate of drug-likeness (QED) is 0.0336. The summed E-state index contributed by atoms with van der Waals surface area (Å²) in [6.07, 6.45) is 31.0. The normalized spacial score (nSPS) is 17.5. The van der Waals surface area contributed by atoms with E-state index in [9.17, 15) is 13.2 Å². The third-order valence-electron chi connectivity index (χ3n) is 21.4. The number of hydrogen-bond donors (Lipinski definition) is 10. The molecular formula is C108H143F3Ir5N5O14-5. The number of aliphatic hydroxyl groups is 10. The molecule has 13 atom stereocenters. The van der Waals surface area contributed by atoms with Crippen molar-refractivity contribution in [1.82, 2.24) is 24.9 Å². The van der Waals surface area contributed by atoms with Crippen LogP contribution in [0.1, 0.15) is 265 Å². The summed E-state index contributed by atoms with van der Waals surface area (Å²) in [5, 5.41) is 90.8. The van der Waals surface area contributed by atoms with Crippen LogP contribution >= 0.6 is 0 Å². The number of fused-ring (bicyclic) bond motifs is 5. The van der Waals surface area contributed by atoms with Gasteiger partial charge in [-0.2, -0.15) is 41.0 Å². The summed E-state index contributed by atoms with van der Waals surface area (Å²) in [4.78, 5) is 23.4. The number of aliphatic hydroxyl groups excluding tert-OH is 10. The van der Waals surface area contributed by atoms with Gasteiger partial charge in [0.1, 0.15) is 11.5 Å². The number of nitrogens with zero attached hydrogens (tertiary/aromatic N) is 5. The Labute approximate surface area is 867 Å². The first kappa shape index (κ1) is 127. The van der Waals surface area contributed by atoms with Crippen LogP contribution in [0.5, 0.6) is 23.0 Å². The topological polar surface area (TPSA) is 304 Å². The van der Waals surface area contributed by atoms with Crippen LogP contribution in [0.2, 0.25) is 0 Å². The van der Waals surface area contributed by atoms with Gasteiger partial charge < -0.3 is 94.9 Å². The third-order valence-corrected chi connectivity index (χ3v) is 21.4. The number of para-hydroxylation sites is 2. The van der Waals surface area contributed by atoms with Crippen molar-refractivity contribution in [3.05, 3.63) is 216 Å². The van der Waals surface area contributed by atoms with E-state index in [0.717, 1.165) is 176 Å². The summed E-state index contributed by atoms with van der Waals surface area (Å²) < 4.78 is 59.8. The van der Waals surface area contributed by atoms with Crippen LogP contribution in [0.25, 0.3) is 82.4 Å². The Morgan fingerprint density at radius 1 is 0.311 bits per heavy atom. The third kappa shape index (κ3) is 47.7. The standard InChI is InChI=1S/C17H15F3N.2C17H18NO.2C16H16NO.5C5H12O2.5Ir/c1-11-3-2-4-13(9-11)15-8-6-12-5-7-14(17(18,19)20)10-16(12)21-15;1-12-6-5-8-14(10-12)17-16(19-2)11-13-7-3-4-9-15(13)18-17;1-12-4-3-5-13(10-12)16-8-6-14-11-15(19-2)7-9-17(14)18-16;1-18-15-11-13-9-5-6-10-14(13)17-16(15)12-7-3-2-4-8-12;1-18-14-8-10-16-13(11-14)7-9-15(17-16)12-5-3-2-4-6-12;5*1-4(6)3-5(2)7;;;;;/h5-8,10-11H,2-4H2,1H3;3-4,7,9,11-12H,5-6,8H2,1-2H3;6-9,11-12H,3-5H2,1-2H3;5-6,9-11H,2-4,7H2,1H3;7-11H,2-5H2,1H3;5*4-7H,3H2,1-2H3;;;;;/q5*-1;;;;;;;;;;. The average molecular weight is 2750 g/mol. The van der Waals surface area contributed by atoms with Gasteiger partial charge in [-0.15, -0.1) is 48.8 Å². The van der Waals surface area contributed by atoms with Crippen LogP contribution < -0.4 is 18.9 Å². The van der Waals surface area contributed by atoms with E-state index < -0.39 is 11.7 Å². The number of ether oxygens (including phenoxy) is 4. The summed E-state index contributed by atoms with van der Waals surface area (Å²) in [5.41, 5.74) is 14.6. The zero-order valence-corrected chi connectivity index (χ0v) is 93.1. The van der Waals surface area contributed by atoms with Crippen LogP contribution in [0, 0.1) is 48.1 Å². The molecule has 27 heteroatoms. The molecule has 755 valence electrons. The molecule has 10 aromatic rings. The van der Waals surface area contributed by atoms with Crippen molar-refractivity contribution < 1.29 is 184 Å². The van der Waals surface area contributed by atoms with Gasteiger partial charge in [0.05, 0.1) is 123 Å². The summed E-state index contributed by atoms with van der Waals surface area (Å²) in [6, 6.07) is 48.2. The van der Waals surface area contributed by atoms with E-state index in [1.54, 1.807) is 97.7 Å². The molecule has 5 aliphatic rings. The van der Waals surface area contributed by atoms with Gasteiger partial charge in [-0.3, -0.25) is 30.4 Å². The van der Waals surface area contributed by atoms with Gasteiger partial charge in [-0.05, 0) is 191 Å². The number of pyridine rings is 5. The molecule has 5 aliphatic carbocycles. The molecule has 0 saturated heterocycles. The van der Waals surface area contributed by atoms with Crippen LogP contribution in [-0.4, -0.2) is 165 Å². The Hall–Kier alpha value is -6.31. The molecule has 0 bridgehead atoms. The molecule has 13 unspecified atom stereocenters. The number of methoxy groups -OCH3 is 4. The van der Waals surface area contributed by atoms with Crippen LogP contribution in [0.4, 0.5) is 13.2 Å². The molecule has 5 heterocycles. The monoisotopic (exact) mass is 2760 g/mol. The zero-order valence-electron chi connectivity index (χ0n) is 81.1. The Morgan fingerprint density at radius 3 is 0.933 bits per heavy atom. The van der Waals surface area contributed by atoms with E-state index in [0.29, 0.717) is 55.4 Å². The first-order valence-corrected chi connectivity index (χ1v) is 46.0. The van der Waals surface area contributed by atoms with Crippen LogP contribution in [0.3, 0.4) is 0 Å². The first-order chi connectivity index (χ1) is 61.8. The van der Waals surface area contributed by atoms with Gasteiger partial charge in [0, 0.05) is 133 Å². The predicted molar refractivity (Wildman–Crippen MR) is 519 cm³/mol. The summed E-state index contributed by atoms with van der Waals surface area (Å²) >= 11 is 0. The summed E-state index contributed by atoms with van der Waals surface area (Å²) in [6.45, 7) is 23.1. The molecule has 135 heavy (non-hydrogen) atoms. The van der Waals surface area contributed by atoms with Crippen LogP contribution in [0.15, 0.2) is 152 Å². The van der Waals surface area contributed by atoms with Gasteiger partial charge in [0.25, 0.3) is 0 Å². The van der Waals surface area contributed by atoms with Crippen molar-refractivity contribution in [2.75, 3.05) is 28.4 Å². The van der Waals surface area contributed by atoms with Crippen molar-refractivity contribution in [3.8, 4) is 23.0 Å². The molecule has 5 aromatic heterocycles. The molecular weight excluding hydrogens is 2610 g/mol. The summed E-state index contributed by atoms with van der Waals surface area (Å²) in [5.74, 6) is 4.92. The minimum Gasteiger partial charge on any atom is -0.513 e. The number of rotatable bonds is 19. The molecule has 0 spiro atoms. The van der Waals surface area contributed by atoms with E-state index in [2.05, 4.69) is 105 Å². The van der Waals surface area contributed by atoms with Gasteiger partial charge >= 0.3 is 6.18 Å². The maximum absolute atomic E-state index is 12.8. The first-order valence-electron chi connectivity index (χ1n) is 46.0. The molecule has 0 amide bonds. The number of allylic oxidation sites excluding steroid dienone is 10. The fraction of sp³-hybridized carbons (Fsp3) is 0.491. The van der Waals surface area contributed by atoms with Gasteiger partial charge in [0.2, 0.25) is 0 Å². The number of halogens is 3. The van der Waals surface area contributed by atoms with Crippen molar-refractivity contribution >= 4 is 82.4 Å². The van der Waals surface area contributed by atoms with E-state index >= 15 is 0 Å². The molecule has 5 aromatic carbocycles. The van der Waals surface area contributed by atoms with Gasteiger partial charge in [-0.25, -0.2) is 0 Å². The average Bonchev–Trinajstić information content (AvgIpc) is 0.815. The second-order valence-electron chi connectivity index (χ2n) is 34.7. The van der Waals surface area contributed by atoms with Crippen molar-refractivity contribution in [3.63, 3.8) is 0 Å². The molecule has 19 nitrogen and oxygen atoms in total. The van der Waals surface area contributed by atoms with Crippen LogP contribution in [-0.2, 0) is 107 Å². The molecule has 15 rings (SSSR count). The van der Waals surface area contributed by atoms with Crippen molar-refractivity contribution in [2.45, 2.75) is 298 Å². The van der Waals surface area contributed by atoms with Crippen molar-refractivity contribution in [2.24, 2.45) is 17.8 Å². The van der Waals surface area contributed by atoms with Gasteiger partial charge in [0.15, 0.2) is 0 Å². The molecule has 5 radical (unpaired) electrons. The Bertz CT molecular complexity index is 5110. The molecule has 0 saturated carbocycles. The SMILES string of the molecule is CC(O)CC(C)O.CC(O)CC(C)O.CC(O)CC(C)O.CC(O)CC(C)O.CC(O)CC(C)O.CC1[C-]=C(c2ccc3ccc(C(F)(F)F)cc3n2)CCC1.COc1cc2ccccc2nc1C1=[C-]C(C)CCC1.COc1cc2ccccc2nc1C1=[C-]CCCC1.COc1ccc2nc(C3=[C-]C(C)CCC3)ccc2c1.COc1ccc2nc(C3=[C-]CCCC3)ccc2c1.[Ir].[Ir].[Ir].[Ir].[Ir]. The zero-order chi connectivity index (χ0) is 95.6. The molecule has 0 fully saturated rings. The minimum absolute atomic E-state index is 0. The minimum atomic E-state index is -4.34. The summed E-state index contributed by atoms with van der Waals surface area (Å²) in [7, 11) is 6.79. The smallest absolute Gasteiger partial charge is 0.416 e. The second-order valence-corrected chi connectivity index (χ2v) is 34.7. The van der Waals surface area contributed by atoms with E-state index in [1.807, 2.05) is 84.9 Å². The maximum Gasteiger partial charge on any atom is 0.416 e. The van der Waals surface area contributed by atoms with E-state index in [-0.39, 0.29) is 162 Å². The molecule has 10 N–H and O–H groups in total. The fourth-order valence-electron chi connectivity index (χ4n) is 15.3. The van der Waals surface area contributed by atoms with E-state index in [4.69, 9.17) is 89.9 Å². The van der Waals surface area contributed by atoms with Crippen molar-refractivity contribution in [1.29, 1.82) is 0 Å². The molecule has 0 aliphatic heterocycles. The fourth-order valence-corrected chi connectivity index (χ4v) is 15.3. The largest absolute Gasteiger partial charge is 0.513 e. The number of alkyl halides is 3. The Balaban J connectivity index is 0.000000770. The predicted octanol–water partition coefficient (Wildman–Crippen LogP) is 22.4.